The molecule has 82 valence electrons. The number of hydrogen-bond acceptors (Lipinski definition) is 4. The van der Waals surface area contributed by atoms with E-state index in [1.807, 2.05) is 6.07 Å². The standard InChI is InChI=1S/C11H14O3S/c1-14-11(13)10(12)9-6-7-4-2-3-5-8(7)15-9/h6,10,12H,2-5H2,1H3. The molecular weight excluding hydrogens is 212 g/mol. The minimum atomic E-state index is -1.11. The lowest BCUT2D eigenvalue weighted by Crippen LogP contribution is -2.11. The van der Waals surface area contributed by atoms with Gasteiger partial charge in [-0.15, -0.1) is 11.3 Å². The van der Waals surface area contributed by atoms with E-state index in [1.165, 1.54) is 41.7 Å². The Bertz CT molecular complexity index is 346. The number of ether oxygens (including phenoxy) is 1. The second-order valence-corrected chi connectivity index (χ2v) is 4.90. The van der Waals surface area contributed by atoms with Crippen molar-refractivity contribution < 1.29 is 14.6 Å². The minimum absolute atomic E-state index is 0.575. The van der Waals surface area contributed by atoms with Gasteiger partial charge in [-0.2, -0.15) is 0 Å². The van der Waals surface area contributed by atoms with E-state index in [9.17, 15) is 9.90 Å². The van der Waals surface area contributed by atoms with Crippen LogP contribution in [0.5, 0.6) is 0 Å². The Morgan fingerprint density at radius 2 is 2.27 bits per heavy atom. The number of aliphatic hydroxyl groups is 1. The lowest BCUT2D eigenvalue weighted by molar-refractivity contribution is -0.150. The van der Waals surface area contributed by atoms with E-state index in [2.05, 4.69) is 4.74 Å². The quantitative estimate of drug-likeness (QED) is 0.783. The number of aryl methyl sites for hydroxylation is 2. The van der Waals surface area contributed by atoms with Crippen LogP contribution in [0.3, 0.4) is 0 Å². The lowest BCUT2D eigenvalue weighted by atomic mass is 9.99. The molecule has 0 fully saturated rings. The van der Waals surface area contributed by atoms with Crippen LogP contribution in [0.25, 0.3) is 0 Å². The summed E-state index contributed by atoms with van der Waals surface area (Å²) in [5.74, 6) is -0.575. The van der Waals surface area contributed by atoms with Gasteiger partial charge in [0.2, 0.25) is 0 Å². The second kappa shape index (κ2) is 4.33. The predicted molar refractivity (Wildman–Crippen MR) is 57.9 cm³/mol. The van der Waals surface area contributed by atoms with Gasteiger partial charge in [-0.05, 0) is 37.3 Å². The Balaban J connectivity index is 2.22. The lowest BCUT2D eigenvalue weighted by Gasteiger charge is -2.08. The smallest absolute Gasteiger partial charge is 0.340 e. The van der Waals surface area contributed by atoms with E-state index in [4.69, 9.17) is 0 Å². The average molecular weight is 226 g/mol. The van der Waals surface area contributed by atoms with Gasteiger partial charge in [-0.3, -0.25) is 0 Å². The molecule has 2 rings (SSSR count). The normalized spacial score (nSPS) is 16.9. The number of hydrogen-bond donors (Lipinski definition) is 1. The molecule has 4 heteroatoms. The number of methoxy groups -OCH3 is 1. The summed E-state index contributed by atoms with van der Waals surface area (Å²) in [6, 6.07) is 1.95. The Hall–Kier alpha value is -0.870. The number of thiophene rings is 1. The number of fused-ring (bicyclic) bond motifs is 1. The Labute approximate surface area is 92.7 Å². The zero-order chi connectivity index (χ0) is 10.8. The molecule has 1 unspecified atom stereocenters. The van der Waals surface area contributed by atoms with Gasteiger partial charge < -0.3 is 9.84 Å². The molecule has 0 spiro atoms. The largest absolute Gasteiger partial charge is 0.467 e. The van der Waals surface area contributed by atoms with E-state index in [0.717, 1.165) is 12.8 Å². The molecule has 1 N–H and O–H groups in total. The van der Waals surface area contributed by atoms with Crippen molar-refractivity contribution in [2.24, 2.45) is 0 Å². The summed E-state index contributed by atoms with van der Waals surface area (Å²) in [6.07, 6.45) is 3.46. The van der Waals surface area contributed by atoms with Gasteiger partial charge in [0.1, 0.15) is 0 Å². The molecule has 1 aromatic rings. The van der Waals surface area contributed by atoms with Crippen LogP contribution < -0.4 is 0 Å². The van der Waals surface area contributed by atoms with Gasteiger partial charge >= 0.3 is 5.97 Å². The SMILES string of the molecule is COC(=O)C(O)c1cc2c(s1)CCCC2. The molecule has 15 heavy (non-hydrogen) atoms. The summed E-state index contributed by atoms with van der Waals surface area (Å²) in [4.78, 5) is 13.2. The number of carbonyl (C=O) groups is 1. The Morgan fingerprint density at radius 3 is 2.93 bits per heavy atom. The van der Waals surface area contributed by atoms with E-state index in [0.29, 0.717) is 4.88 Å². The Morgan fingerprint density at radius 1 is 1.53 bits per heavy atom. The summed E-state index contributed by atoms with van der Waals surface area (Å²) in [7, 11) is 1.29. The van der Waals surface area contributed by atoms with Gasteiger partial charge in [0.05, 0.1) is 7.11 Å². The van der Waals surface area contributed by atoms with Crippen LogP contribution in [0.2, 0.25) is 0 Å². The molecule has 0 amide bonds. The van der Waals surface area contributed by atoms with Crippen LogP contribution in [-0.2, 0) is 22.4 Å². The third-order valence-corrected chi connectivity index (χ3v) is 4.00. The highest BCUT2D eigenvalue weighted by Crippen LogP contribution is 2.33. The first kappa shape index (κ1) is 10.6. The molecule has 1 atom stereocenters. The zero-order valence-corrected chi connectivity index (χ0v) is 9.47. The zero-order valence-electron chi connectivity index (χ0n) is 8.66. The monoisotopic (exact) mass is 226 g/mol. The van der Waals surface area contributed by atoms with Crippen molar-refractivity contribution in [1.29, 1.82) is 0 Å². The van der Waals surface area contributed by atoms with Crippen molar-refractivity contribution in [2.45, 2.75) is 31.8 Å². The molecule has 1 aliphatic rings. The van der Waals surface area contributed by atoms with Crippen molar-refractivity contribution in [3.05, 3.63) is 21.4 Å². The second-order valence-electron chi connectivity index (χ2n) is 3.73. The van der Waals surface area contributed by atoms with Crippen LogP contribution in [0.4, 0.5) is 0 Å². The molecule has 0 radical (unpaired) electrons. The molecule has 0 aliphatic heterocycles. The molecule has 1 heterocycles. The van der Waals surface area contributed by atoms with Crippen molar-refractivity contribution in [1.82, 2.24) is 0 Å². The molecule has 1 aliphatic carbocycles. The Kier molecular flexibility index (Phi) is 3.07. The molecular formula is C11H14O3S. The van der Waals surface area contributed by atoms with E-state index < -0.39 is 12.1 Å². The molecule has 0 aromatic carbocycles. The van der Waals surface area contributed by atoms with E-state index in [-0.39, 0.29) is 0 Å². The maximum Gasteiger partial charge on any atom is 0.340 e. The third kappa shape index (κ3) is 2.06. The molecule has 0 saturated heterocycles. The van der Waals surface area contributed by atoms with Crippen LogP contribution in [0.15, 0.2) is 6.07 Å². The number of aliphatic hydroxyl groups excluding tert-OH is 1. The molecule has 0 saturated carbocycles. The van der Waals surface area contributed by atoms with Crippen LogP contribution >= 0.6 is 11.3 Å². The topological polar surface area (TPSA) is 46.5 Å². The fraction of sp³-hybridized carbons (Fsp3) is 0.545. The van der Waals surface area contributed by atoms with Crippen molar-refractivity contribution in [3.63, 3.8) is 0 Å². The first-order valence-electron chi connectivity index (χ1n) is 5.09. The summed E-state index contributed by atoms with van der Waals surface area (Å²) in [5.41, 5.74) is 1.30. The van der Waals surface area contributed by atoms with Crippen LogP contribution in [0.1, 0.15) is 34.3 Å². The minimum Gasteiger partial charge on any atom is -0.467 e. The predicted octanol–water partition coefficient (Wildman–Crippen LogP) is 1.83. The van der Waals surface area contributed by atoms with Crippen LogP contribution in [0, 0.1) is 0 Å². The van der Waals surface area contributed by atoms with Gasteiger partial charge in [-0.25, -0.2) is 4.79 Å². The summed E-state index contributed by atoms with van der Waals surface area (Å²) >= 11 is 1.54. The fourth-order valence-corrected chi connectivity index (χ4v) is 3.11. The maximum absolute atomic E-state index is 11.2. The van der Waals surface area contributed by atoms with Gasteiger partial charge in [-0.1, -0.05) is 0 Å². The summed E-state index contributed by atoms with van der Waals surface area (Å²) in [5, 5.41) is 9.67. The third-order valence-electron chi connectivity index (χ3n) is 2.71. The van der Waals surface area contributed by atoms with Crippen LogP contribution in [-0.4, -0.2) is 18.2 Å². The van der Waals surface area contributed by atoms with Gasteiger partial charge in [0, 0.05) is 9.75 Å². The first-order chi connectivity index (χ1) is 7.22. The van der Waals surface area contributed by atoms with E-state index >= 15 is 0 Å². The highest BCUT2D eigenvalue weighted by molar-refractivity contribution is 7.12. The van der Waals surface area contributed by atoms with Crippen molar-refractivity contribution in [3.8, 4) is 0 Å². The average Bonchev–Trinajstić information content (AvgIpc) is 2.70. The van der Waals surface area contributed by atoms with E-state index in [1.54, 1.807) is 0 Å². The molecule has 3 nitrogen and oxygen atoms in total. The van der Waals surface area contributed by atoms with Gasteiger partial charge in [0.15, 0.2) is 6.10 Å². The first-order valence-corrected chi connectivity index (χ1v) is 5.91. The number of esters is 1. The maximum atomic E-state index is 11.2. The number of carbonyl (C=O) groups excluding carboxylic acids is 1. The fourth-order valence-electron chi connectivity index (χ4n) is 1.88. The van der Waals surface area contributed by atoms with Crippen molar-refractivity contribution >= 4 is 17.3 Å². The molecule has 0 bridgehead atoms. The highest BCUT2D eigenvalue weighted by atomic mass is 32.1. The van der Waals surface area contributed by atoms with Crippen molar-refractivity contribution in [2.75, 3.05) is 7.11 Å². The highest BCUT2D eigenvalue weighted by Gasteiger charge is 2.23. The summed E-state index contributed by atoms with van der Waals surface area (Å²) in [6.45, 7) is 0. The summed E-state index contributed by atoms with van der Waals surface area (Å²) < 4.78 is 4.52. The number of rotatable bonds is 2. The molecule has 1 aromatic heterocycles. The van der Waals surface area contributed by atoms with Gasteiger partial charge in [0.25, 0.3) is 0 Å².